The normalized spacial score (nSPS) is 28.0. The Morgan fingerprint density at radius 2 is 2.19 bits per heavy atom. The minimum Gasteiger partial charge on any atom is -0.483 e. The van der Waals surface area contributed by atoms with Crippen LogP contribution >= 0.6 is 0 Å². The number of hydrogen-bond donors (Lipinski definition) is 1. The zero-order valence-electron chi connectivity index (χ0n) is 13.2. The summed E-state index contributed by atoms with van der Waals surface area (Å²) in [5.41, 5.74) is 0.745. The molecule has 0 saturated heterocycles. The molecule has 2 rings (SSSR count). The highest BCUT2D eigenvalue weighted by atomic mass is 16.6. The molecule has 1 aromatic carbocycles. The number of hydrogen-bond acceptors (Lipinski definition) is 4. The number of nitrogens with zero attached hydrogens (tertiary/aromatic N) is 1. The SMILES string of the molecule is CCNC1CC(Oc2cccc(C)c2[N+](=O)[O-])C1(C)CC. The lowest BCUT2D eigenvalue weighted by atomic mass is 9.61. The van der Waals surface area contributed by atoms with E-state index in [4.69, 9.17) is 4.74 Å². The first-order valence-electron chi connectivity index (χ1n) is 7.58. The van der Waals surface area contributed by atoms with E-state index in [0.717, 1.165) is 19.4 Å². The second-order valence-corrected chi connectivity index (χ2v) is 5.99. The van der Waals surface area contributed by atoms with Crippen LogP contribution in [0.15, 0.2) is 18.2 Å². The molecule has 0 aliphatic heterocycles. The highest BCUT2D eigenvalue weighted by Crippen LogP contribution is 2.47. The van der Waals surface area contributed by atoms with Crippen LogP contribution in [0.25, 0.3) is 0 Å². The fourth-order valence-electron chi connectivity index (χ4n) is 3.15. The van der Waals surface area contributed by atoms with E-state index >= 15 is 0 Å². The lowest BCUT2D eigenvalue weighted by molar-refractivity contribution is -0.386. The van der Waals surface area contributed by atoms with Gasteiger partial charge >= 0.3 is 5.69 Å². The maximum absolute atomic E-state index is 11.2. The van der Waals surface area contributed by atoms with Crippen LogP contribution in [0.4, 0.5) is 5.69 Å². The molecule has 0 bridgehead atoms. The van der Waals surface area contributed by atoms with Gasteiger partial charge in [0.05, 0.1) is 4.92 Å². The molecule has 1 aliphatic carbocycles. The molecule has 3 atom stereocenters. The van der Waals surface area contributed by atoms with Crippen molar-refractivity contribution in [2.45, 2.75) is 52.7 Å². The van der Waals surface area contributed by atoms with Crippen molar-refractivity contribution < 1.29 is 9.66 Å². The molecule has 0 heterocycles. The van der Waals surface area contributed by atoms with Gasteiger partial charge in [0, 0.05) is 23.4 Å². The van der Waals surface area contributed by atoms with E-state index in [1.807, 2.05) is 0 Å². The summed E-state index contributed by atoms with van der Waals surface area (Å²) in [5, 5.41) is 14.7. The summed E-state index contributed by atoms with van der Waals surface area (Å²) in [5.74, 6) is 0.389. The third kappa shape index (κ3) is 2.75. The molecule has 21 heavy (non-hydrogen) atoms. The molecule has 1 N–H and O–H groups in total. The third-order valence-corrected chi connectivity index (χ3v) is 4.85. The average Bonchev–Trinajstić information content (AvgIpc) is 2.44. The molecule has 1 aliphatic rings. The number of nitro benzene ring substituents is 1. The summed E-state index contributed by atoms with van der Waals surface area (Å²) in [6, 6.07) is 5.66. The highest BCUT2D eigenvalue weighted by molar-refractivity contribution is 5.52. The summed E-state index contributed by atoms with van der Waals surface area (Å²) in [6.45, 7) is 9.10. The van der Waals surface area contributed by atoms with E-state index in [1.54, 1.807) is 25.1 Å². The number of rotatable bonds is 6. The first kappa shape index (κ1) is 15.8. The monoisotopic (exact) mass is 292 g/mol. The Kier molecular flexibility index (Phi) is 4.52. The number of para-hydroxylation sites is 1. The van der Waals surface area contributed by atoms with Crippen molar-refractivity contribution in [1.29, 1.82) is 0 Å². The largest absolute Gasteiger partial charge is 0.483 e. The molecule has 5 nitrogen and oxygen atoms in total. The van der Waals surface area contributed by atoms with Gasteiger partial charge in [-0.25, -0.2) is 0 Å². The lowest BCUT2D eigenvalue weighted by Gasteiger charge is -2.53. The topological polar surface area (TPSA) is 64.4 Å². The summed E-state index contributed by atoms with van der Waals surface area (Å²) >= 11 is 0. The van der Waals surface area contributed by atoms with Crippen LogP contribution in [-0.4, -0.2) is 23.6 Å². The summed E-state index contributed by atoms with van der Waals surface area (Å²) in [6.07, 6.45) is 1.89. The molecule has 0 amide bonds. The van der Waals surface area contributed by atoms with Gasteiger partial charge in [-0.15, -0.1) is 0 Å². The lowest BCUT2D eigenvalue weighted by Crippen LogP contribution is -2.63. The van der Waals surface area contributed by atoms with Crippen molar-refractivity contribution in [2.24, 2.45) is 5.41 Å². The quantitative estimate of drug-likeness (QED) is 0.644. The minimum absolute atomic E-state index is 0.0204. The third-order valence-electron chi connectivity index (χ3n) is 4.85. The number of ether oxygens (including phenoxy) is 1. The van der Waals surface area contributed by atoms with Crippen LogP contribution in [0.1, 0.15) is 39.2 Å². The number of nitrogens with one attached hydrogen (secondary N) is 1. The Labute approximate surface area is 125 Å². The van der Waals surface area contributed by atoms with Crippen LogP contribution in [0.2, 0.25) is 0 Å². The molecule has 0 radical (unpaired) electrons. The summed E-state index contributed by atoms with van der Waals surface area (Å²) < 4.78 is 6.03. The van der Waals surface area contributed by atoms with E-state index in [9.17, 15) is 10.1 Å². The van der Waals surface area contributed by atoms with E-state index < -0.39 is 0 Å². The van der Waals surface area contributed by atoms with Gasteiger partial charge in [0.25, 0.3) is 0 Å². The van der Waals surface area contributed by atoms with Gasteiger partial charge < -0.3 is 10.1 Å². The van der Waals surface area contributed by atoms with Gasteiger partial charge in [-0.3, -0.25) is 10.1 Å². The summed E-state index contributed by atoms with van der Waals surface area (Å²) in [4.78, 5) is 10.9. The van der Waals surface area contributed by atoms with Crippen LogP contribution < -0.4 is 10.1 Å². The molecular formula is C16H24N2O3. The van der Waals surface area contributed by atoms with Crippen molar-refractivity contribution in [3.63, 3.8) is 0 Å². The van der Waals surface area contributed by atoms with Gasteiger partial charge in [-0.2, -0.15) is 0 Å². The first-order chi connectivity index (χ1) is 9.93. The molecule has 0 aromatic heterocycles. The Morgan fingerprint density at radius 1 is 1.48 bits per heavy atom. The smallest absolute Gasteiger partial charge is 0.313 e. The van der Waals surface area contributed by atoms with Gasteiger partial charge in [-0.1, -0.05) is 32.9 Å². The Morgan fingerprint density at radius 3 is 2.76 bits per heavy atom. The Hall–Kier alpha value is -1.62. The molecule has 1 saturated carbocycles. The molecular weight excluding hydrogens is 268 g/mol. The minimum atomic E-state index is -0.353. The molecule has 0 spiro atoms. The second-order valence-electron chi connectivity index (χ2n) is 5.99. The van der Waals surface area contributed by atoms with Gasteiger partial charge in [0.2, 0.25) is 0 Å². The standard InChI is InChI=1S/C16H24N2O3/c1-5-16(4)13(17-6-2)10-14(16)21-12-9-7-8-11(3)15(12)18(19)20/h7-9,13-14,17H,5-6,10H2,1-4H3. The van der Waals surface area contributed by atoms with E-state index in [-0.39, 0.29) is 22.1 Å². The molecule has 1 fully saturated rings. The predicted molar refractivity (Wildman–Crippen MR) is 82.7 cm³/mol. The fraction of sp³-hybridized carbons (Fsp3) is 0.625. The number of nitro groups is 1. The maximum Gasteiger partial charge on any atom is 0.313 e. The van der Waals surface area contributed by atoms with Crippen LogP contribution in [0.5, 0.6) is 5.75 Å². The average molecular weight is 292 g/mol. The van der Waals surface area contributed by atoms with E-state index in [2.05, 4.69) is 26.1 Å². The van der Waals surface area contributed by atoms with Crippen LogP contribution in [0, 0.1) is 22.5 Å². The molecule has 5 heteroatoms. The summed E-state index contributed by atoms with van der Waals surface area (Å²) in [7, 11) is 0. The van der Waals surface area contributed by atoms with Gasteiger partial charge in [0.15, 0.2) is 5.75 Å². The second kappa shape index (κ2) is 6.02. The zero-order valence-corrected chi connectivity index (χ0v) is 13.2. The number of benzene rings is 1. The van der Waals surface area contributed by atoms with Crippen LogP contribution in [-0.2, 0) is 0 Å². The maximum atomic E-state index is 11.2. The zero-order chi connectivity index (χ0) is 15.6. The van der Waals surface area contributed by atoms with Crippen molar-refractivity contribution in [3.8, 4) is 5.75 Å². The van der Waals surface area contributed by atoms with Crippen molar-refractivity contribution in [3.05, 3.63) is 33.9 Å². The molecule has 3 unspecified atom stereocenters. The van der Waals surface area contributed by atoms with Gasteiger partial charge in [0.1, 0.15) is 6.10 Å². The van der Waals surface area contributed by atoms with Crippen molar-refractivity contribution in [1.82, 2.24) is 5.32 Å². The molecule has 116 valence electrons. The highest BCUT2D eigenvalue weighted by Gasteiger charge is 2.52. The van der Waals surface area contributed by atoms with Crippen LogP contribution in [0.3, 0.4) is 0 Å². The fourth-order valence-corrected chi connectivity index (χ4v) is 3.15. The first-order valence-corrected chi connectivity index (χ1v) is 7.58. The van der Waals surface area contributed by atoms with E-state index in [1.165, 1.54) is 0 Å². The van der Waals surface area contributed by atoms with Crippen molar-refractivity contribution in [2.75, 3.05) is 6.54 Å². The Balaban J connectivity index is 2.20. The number of aryl methyl sites for hydroxylation is 1. The molecule has 1 aromatic rings. The predicted octanol–water partition coefficient (Wildman–Crippen LogP) is 3.45. The Bertz CT molecular complexity index is 532. The van der Waals surface area contributed by atoms with Gasteiger partial charge in [-0.05, 0) is 26.0 Å². The van der Waals surface area contributed by atoms with Crippen molar-refractivity contribution >= 4 is 5.69 Å². The van der Waals surface area contributed by atoms with E-state index in [0.29, 0.717) is 17.4 Å².